The van der Waals surface area contributed by atoms with Crippen molar-refractivity contribution in [3.63, 3.8) is 0 Å². The minimum absolute atomic E-state index is 0.135. The molecule has 110 valence electrons. The van der Waals surface area contributed by atoms with Gasteiger partial charge in [0.2, 0.25) is 5.91 Å². The average Bonchev–Trinajstić information content (AvgIpc) is 2.85. The lowest BCUT2D eigenvalue weighted by Gasteiger charge is -2.05. The zero-order chi connectivity index (χ0) is 15.2. The Morgan fingerprint density at radius 3 is 2.57 bits per heavy atom. The van der Waals surface area contributed by atoms with E-state index in [-0.39, 0.29) is 18.3 Å². The van der Waals surface area contributed by atoms with E-state index >= 15 is 0 Å². The van der Waals surface area contributed by atoms with Gasteiger partial charge in [0.05, 0.1) is 29.3 Å². The third-order valence-electron chi connectivity index (χ3n) is 2.69. The summed E-state index contributed by atoms with van der Waals surface area (Å²) in [5, 5.41) is 5.59. The molecule has 1 amide bonds. The third kappa shape index (κ3) is 4.39. The average molecular weight is 304 g/mol. The number of hydrogen-bond acceptors (Lipinski definition) is 5. The Morgan fingerprint density at radius 2 is 2.00 bits per heavy atom. The molecule has 1 aromatic carbocycles. The summed E-state index contributed by atoms with van der Waals surface area (Å²) in [7, 11) is 0. The summed E-state index contributed by atoms with van der Waals surface area (Å²) in [6.07, 6.45) is 0.240. The van der Waals surface area contributed by atoms with Gasteiger partial charge in [-0.05, 0) is 38.1 Å². The Labute approximate surface area is 127 Å². The summed E-state index contributed by atoms with van der Waals surface area (Å²) in [5.41, 5.74) is 1.86. The SMILES string of the molecule is CCOC(=O)c1ccc(NC(=O)Cc2csc(C)n2)cc1. The Balaban J connectivity index is 1.93. The number of hydrogen-bond donors (Lipinski definition) is 1. The molecule has 0 aliphatic carbocycles. The van der Waals surface area contributed by atoms with Crippen molar-refractivity contribution in [2.75, 3.05) is 11.9 Å². The molecule has 0 radical (unpaired) electrons. The molecule has 0 atom stereocenters. The zero-order valence-corrected chi connectivity index (χ0v) is 12.7. The van der Waals surface area contributed by atoms with E-state index in [1.165, 1.54) is 11.3 Å². The molecule has 1 aromatic heterocycles. The summed E-state index contributed by atoms with van der Waals surface area (Å²) < 4.78 is 4.90. The van der Waals surface area contributed by atoms with Crippen LogP contribution in [0.5, 0.6) is 0 Å². The molecule has 0 fully saturated rings. The zero-order valence-electron chi connectivity index (χ0n) is 11.9. The van der Waals surface area contributed by atoms with Crippen LogP contribution in [0.4, 0.5) is 5.69 Å². The van der Waals surface area contributed by atoms with E-state index in [0.717, 1.165) is 10.7 Å². The number of nitrogens with zero attached hydrogens (tertiary/aromatic N) is 1. The number of amides is 1. The standard InChI is InChI=1S/C15H16N2O3S/c1-3-20-15(19)11-4-6-12(7-5-11)17-14(18)8-13-9-21-10(2)16-13/h4-7,9H,3,8H2,1-2H3,(H,17,18). The quantitative estimate of drug-likeness (QED) is 0.862. The molecule has 21 heavy (non-hydrogen) atoms. The van der Waals surface area contributed by atoms with E-state index in [9.17, 15) is 9.59 Å². The second-order valence-corrected chi connectivity index (χ2v) is 5.44. The monoisotopic (exact) mass is 304 g/mol. The largest absolute Gasteiger partial charge is 0.462 e. The van der Waals surface area contributed by atoms with Gasteiger partial charge in [-0.15, -0.1) is 11.3 Å². The molecule has 1 N–H and O–H groups in total. The van der Waals surface area contributed by atoms with Crippen molar-refractivity contribution in [1.82, 2.24) is 4.98 Å². The number of rotatable bonds is 5. The fraction of sp³-hybridized carbons (Fsp3) is 0.267. The second kappa shape index (κ2) is 6.99. The molecule has 6 heteroatoms. The number of anilines is 1. The number of thiazole rings is 1. The van der Waals surface area contributed by atoms with E-state index in [4.69, 9.17) is 4.74 Å². The number of aryl methyl sites for hydroxylation is 1. The maximum absolute atomic E-state index is 11.9. The highest BCUT2D eigenvalue weighted by Crippen LogP contribution is 2.12. The molecule has 0 unspecified atom stereocenters. The van der Waals surface area contributed by atoms with Crippen LogP contribution in [0.2, 0.25) is 0 Å². The van der Waals surface area contributed by atoms with Crippen molar-refractivity contribution in [2.24, 2.45) is 0 Å². The van der Waals surface area contributed by atoms with Crippen LogP contribution in [0.1, 0.15) is 28.0 Å². The Kier molecular flexibility index (Phi) is 5.05. The summed E-state index contributed by atoms with van der Waals surface area (Å²) in [6.45, 7) is 4.00. The molecule has 0 saturated heterocycles. The number of carbonyl (C=O) groups excluding carboxylic acids is 2. The molecular formula is C15H16N2O3S. The number of benzene rings is 1. The van der Waals surface area contributed by atoms with Gasteiger partial charge in [0.25, 0.3) is 0 Å². The van der Waals surface area contributed by atoms with E-state index in [1.807, 2.05) is 12.3 Å². The Morgan fingerprint density at radius 1 is 1.29 bits per heavy atom. The number of aromatic nitrogens is 1. The van der Waals surface area contributed by atoms with Crippen molar-refractivity contribution < 1.29 is 14.3 Å². The second-order valence-electron chi connectivity index (χ2n) is 4.38. The maximum Gasteiger partial charge on any atom is 0.338 e. The molecule has 0 aliphatic rings. The minimum Gasteiger partial charge on any atom is -0.462 e. The molecule has 2 aromatic rings. The number of ether oxygens (including phenoxy) is 1. The molecule has 0 saturated carbocycles. The van der Waals surface area contributed by atoms with E-state index in [0.29, 0.717) is 17.9 Å². The molecule has 1 heterocycles. The summed E-state index contributed by atoms with van der Waals surface area (Å²) in [6, 6.07) is 6.61. The summed E-state index contributed by atoms with van der Waals surface area (Å²) >= 11 is 1.52. The van der Waals surface area contributed by atoms with Crippen molar-refractivity contribution in [2.45, 2.75) is 20.3 Å². The van der Waals surface area contributed by atoms with Crippen LogP contribution >= 0.6 is 11.3 Å². The van der Waals surface area contributed by atoms with Gasteiger partial charge in [-0.3, -0.25) is 4.79 Å². The molecule has 0 bridgehead atoms. The first kappa shape index (κ1) is 15.2. The normalized spacial score (nSPS) is 10.2. The molecular weight excluding hydrogens is 288 g/mol. The first-order valence-corrected chi connectivity index (χ1v) is 7.44. The van der Waals surface area contributed by atoms with Gasteiger partial charge in [-0.25, -0.2) is 9.78 Å². The smallest absolute Gasteiger partial charge is 0.338 e. The lowest BCUT2D eigenvalue weighted by molar-refractivity contribution is -0.115. The van der Waals surface area contributed by atoms with E-state index in [1.54, 1.807) is 31.2 Å². The molecule has 0 aliphatic heterocycles. The lowest BCUT2D eigenvalue weighted by atomic mass is 10.2. The van der Waals surface area contributed by atoms with Crippen molar-refractivity contribution in [3.05, 3.63) is 45.9 Å². The highest BCUT2D eigenvalue weighted by Gasteiger charge is 2.09. The van der Waals surface area contributed by atoms with Crippen LogP contribution < -0.4 is 5.32 Å². The van der Waals surface area contributed by atoms with Crippen LogP contribution in [0.25, 0.3) is 0 Å². The first-order chi connectivity index (χ1) is 10.1. The van der Waals surface area contributed by atoms with Crippen molar-refractivity contribution >= 4 is 28.9 Å². The van der Waals surface area contributed by atoms with Gasteiger partial charge in [0, 0.05) is 11.1 Å². The van der Waals surface area contributed by atoms with Crippen LogP contribution in [0.15, 0.2) is 29.6 Å². The van der Waals surface area contributed by atoms with Gasteiger partial charge < -0.3 is 10.1 Å². The highest BCUT2D eigenvalue weighted by molar-refractivity contribution is 7.09. The predicted molar refractivity (Wildman–Crippen MR) is 81.6 cm³/mol. The fourth-order valence-corrected chi connectivity index (χ4v) is 2.38. The number of carbonyl (C=O) groups is 2. The predicted octanol–water partition coefficient (Wildman–Crippen LogP) is 2.81. The van der Waals surface area contributed by atoms with Crippen LogP contribution in [0, 0.1) is 6.92 Å². The minimum atomic E-state index is -0.367. The van der Waals surface area contributed by atoms with Gasteiger partial charge >= 0.3 is 5.97 Å². The van der Waals surface area contributed by atoms with Crippen LogP contribution in [-0.2, 0) is 16.0 Å². The summed E-state index contributed by atoms with van der Waals surface area (Å²) in [5.74, 6) is -0.502. The molecule has 5 nitrogen and oxygen atoms in total. The lowest BCUT2D eigenvalue weighted by Crippen LogP contribution is -2.14. The number of esters is 1. The van der Waals surface area contributed by atoms with Gasteiger partial charge in [0.15, 0.2) is 0 Å². The Bertz CT molecular complexity index is 635. The van der Waals surface area contributed by atoms with Crippen molar-refractivity contribution in [3.8, 4) is 0 Å². The van der Waals surface area contributed by atoms with Crippen LogP contribution in [-0.4, -0.2) is 23.5 Å². The third-order valence-corrected chi connectivity index (χ3v) is 3.51. The highest BCUT2D eigenvalue weighted by atomic mass is 32.1. The van der Waals surface area contributed by atoms with E-state index < -0.39 is 0 Å². The number of nitrogens with one attached hydrogen (secondary N) is 1. The van der Waals surface area contributed by atoms with Gasteiger partial charge in [-0.1, -0.05) is 0 Å². The topological polar surface area (TPSA) is 68.3 Å². The van der Waals surface area contributed by atoms with Crippen molar-refractivity contribution in [1.29, 1.82) is 0 Å². The first-order valence-electron chi connectivity index (χ1n) is 6.56. The van der Waals surface area contributed by atoms with Gasteiger partial charge in [-0.2, -0.15) is 0 Å². The van der Waals surface area contributed by atoms with Crippen LogP contribution in [0.3, 0.4) is 0 Å². The molecule has 2 rings (SSSR count). The maximum atomic E-state index is 11.9. The van der Waals surface area contributed by atoms with E-state index in [2.05, 4.69) is 10.3 Å². The Hall–Kier alpha value is -2.21. The van der Waals surface area contributed by atoms with Gasteiger partial charge in [0.1, 0.15) is 0 Å². The fourth-order valence-electron chi connectivity index (χ4n) is 1.76. The summed E-state index contributed by atoms with van der Waals surface area (Å²) in [4.78, 5) is 27.6. The molecule has 0 spiro atoms.